The summed E-state index contributed by atoms with van der Waals surface area (Å²) in [7, 11) is 0. The summed E-state index contributed by atoms with van der Waals surface area (Å²) in [6.07, 6.45) is 0. The maximum atomic E-state index is 14.6. The van der Waals surface area contributed by atoms with Gasteiger partial charge >= 0.3 is 0 Å². The molecule has 0 saturated carbocycles. The third kappa shape index (κ3) is 4.69. The topological polar surface area (TPSA) is 34.1 Å². The zero-order chi connectivity index (χ0) is 21.1. The molecule has 5 heteroatoms. The summed E-state index contributed by atoms with van der Waals surface area (Å²) in [4.78, 5) is 25.0. The number of hydrogen-bond donors (Lipinski definition) is 0. The van der Waals surface area contributed by atoms with E-state index in [4.69, 9.17) is 0 Å². The molecule has 0 aliphatic rings. The van der Waals surface area contributed by atoms with Gasteiger partial charge in [-0.05, 0) is 88.6 Å². The zero-order valence-electron chi connectivity index (χ0n) is 16.1. The number of thioether (sulfide) groups is 2. The molecule has 0 unspecified atom stereocenters. The predicted octanol–water partition coefficient (Wildman–Crippen LogP) is 7.04. The highest BCUT2D eigenvalue weighted by Gasteiger charge is 2.14. The summed E-state index contributed by atoms with van der Waals surface area (Å²) in [6, 6.07) is 16.3. The fourth-order valence-corrected chi connectivity index (χ4v) is 4.22. The van der Waals surface area contributed by atoms with Gasteiger partial charge in [-0.2, -0.15) is 0 Å². The van der Waals surface area contributed by atoms with Crippen LogP contribution in [0.5, 0.6) is 0 Å². The molecule has 0 bridgehead atoms. The zero-order valence-corrected chi connectivity index (χ0v) is 17.8. The summed E-state index contributed by atoms with van der Waals surface area (Å²) in [5.41, 5.74) is 2.42. The maximum absolute atomic E-state index is 14.6. The average molecular weight is 423 g/mol. The molecule has 0 saturated heterocycles. The minimum Gasteiger partial charge on any atom is -0.282 e. The van der Waals surface area contributed by atoms with Gasteiger partial charge in [-0.3, -0.25) is 9.59 Å². The van der Waals surface area contributed by atoms with Crippen LogP contribution in [0.25, 0.3) is 21.9 Å². The number of carbonyl (C=O) groups excluding carboxylic acids is 2. The predicted molar refractivity (Wildman–Crippen MR) is 121 cm³/mol. The second-order valence-corrected chi connectivity index (χ2v) is 8.67. The van der Waals surface area contributed by atoms with Gasteiger partial charge < -0.3 is 0 Å². The summed E-state index contributed by atoms with van der Waals surface area (Å²) >= 11 is 1.97. The van der Waals surface area contributed by atoms with Gasteiger partial charge in [0.2, 0.25) is 10.2 Å². The maximum Gasteiger partial charge on any atom is 0.219 e. The lowest BCUT2D eigenvalue weighted by atomic mass is 9.98. The minimum atomic E-state index is -0.456. The summed E-state index contributed by atoms with van der Waals surface area (Å²) in [5.74, 6) is -0.456. The largest absolute Gasteiger partial charge is 0.282 e. The number of fused-ring (bicyclic) bond motifs is 1. The Morgan fingerprint density at radius 2 is 1.38 bits per heavy atom. The summed E-state index contributed by atoms with van der Waals surface area (Å²) in [6.45, 7) is 10.6. The van der Waals surface area contributed by atoms with Crippen LogP contribution in [0.15, 0.2) is 88.7 Å². The Morgan fingerprint density at radius 3 is 2.00 bits per heavy atom. The molecule has 0 fully saturated rings. The highest BCUT2D eigenvalue weighted by Crippen LogP contribution is 2.36. The van der Waals surface area contributed by atoms with Crippen LogP contribution >= 0.6 is 23.5 Å². The van der Waals surface area contributed by atoms with Crippen molar-refractivity contribution < 1.29 is 14.0 Å². The van der Waals surface area contributed by atoms with E-state index in [1.54, 1.807) is 26.0 Å². The molecule has 0 aromatic heterocycles. The highest BCUT2D eigenvalue weighted by atomic mass is 32.2. The van der Waals surface area contributed by atoms with Crippen molar-refractivity contribution in [3.63, 3.8) is 0 Å². The Hall–Kier alpha value is -2.63. The normalized spacial score (nSPS) is 10.7. The Balaban J connectivity index is 2.03. The van der Waals surface area contributed by atoms with Gasteiger partial charge in [-0.1, -0.05) is 49.6 Å². The molecule has 3 aromatic rings. The Labute approximate surface area is 177 Å². The van der Waals surface area contributed by atoms with Gasteiger partial charge in [0.25, 0.3) is 0 Å². The molecule has 0 atom stereocenters. The number of carbonyl (C=O) groups is 2. The second-order valence-electron chi connectivity index (χ2n) is 6.64. The fraction of sp³-hybridized carbons (Fsp3) is 0.0833. The average Bonchev–Trinajstić information content (AvgIpc) is 2.69. The fourth-order valence-electron chi connectivity index (χ4n) is 2.75. The molecule has 0 amide bonds. The van der Waals surface area contributed by atoms with E-state index in [0.29, 0.717) is 16.7 Å². The third-order valence-corrected chi connectivity index (χ3v) is 6.42. The van der Waals surface area contributed by atoms with Gasteiger partial charge in [0, 0.05) is 4.90 Å². The highest BCUT2D eigenvalue weighted by molar-refractivity contribution is 8.14. The quantitative estimate of drug-likeness (QED) is 0.326. The van der Waals surface area contributed by atoms with Crippen molar-refractivity contribution in [1.82, 2.24) is 0 Å². The molecule has 2 nitrogen and oxygen atoms in total. The van der Waals surface area contributed by atoms with Crippen LogP contribution in [-0.4, -0.2) is 10.2 Å². The first kappa shape index (κ1) is 21.1. The van der Waals surface area contributed by atoms with Crippen molar-refractivity contribution in [3.8, 4) is 11.1 Å². The molecular formula is C24H19FO2S2. The first-order valence-electron chi connectivity index (χ1n) is 8.85. The Morgan fingerprint density at radius 1 is 0.793 bits per heavy atom. The Kier molecular flexibility index (Phi) is 6.40. The van der Waals surface area contributed by atoms with E-state index >= 15 is 0 Å². The van der Waals surface area contributed by atoms with Crippen molar-refractivity contribution in [3.05, 3.63) is 84.7 Å². The molecule has 0 aliphatic heterocycles. The van der Waals surface area contributed by atoms with E-state index in [0.717, 1.165) is 44.8 Å². The number of benzene rings is 3. The van der Waals surface area contributed by atoms with E-state index < -0.39 is 5.82 Å². The van der Waals surface area contributed by atoms with E-state index in [2.05, 4.69) is 13.2 Å². The standard InChI is InChI=1S/C24H19FO2S2/c1-14(2)23(26)28-21-10-6-8-18-17(7-5-9-19(18)21)16-11-12-22(20(25)13-16)29-24(27)15(3)4/h5-13H,1,3H2,2,4H3. The van der Waals surface area contributed by atoms with Gasteiger partial charge in [-0.15, -0.1) is 0 Å². The van der Waals surface area contributed by atoms with Crippen molar-refractivity contribution in [1.29, 1.82) is 0 Å². The van der Waals surface area contributed by atoms with Crippen LogP contribution in [0.3, 0.4) is 0 Å². The molecule has 3 aromatic carbocycles. The van der Waals surface area contributed by atoms with Crippen LogP contribution < -0.4 is 0 Å². The number of rotatable bonds is 5. The van der Waals surface area contributed by atoms with Gasteiger partial charge in [-0.25, -0.2) is 4.39 Å². The van der Waals surface area contributed by atoms with Crippen LogP contribution in [0.2, 0.25) is 0 Å². The van der Waals surface area contributed by atoms with Crippen LogP contribution in [-0.2, 0) is 9.59 Å². The van der Waals surface area contributed by atoms with Crippen molar-refractivity contribution >= 4 is 44.5 Å². The number of halogens is 1. The summed E-state index contributed by atoms with van der Waals surface area (Å²) < 4.78 is 14.6. The van der Waals surface area contributed by atoms with E-state index in [1.165, 1.54) is 6.07 Å². The smallest absolute Gasteiger partial charge is 0.219 e. The van der Waals surface area contributed by atoms with E-state index in [-0.39, 0.29) is 15.1 Å². The third-order valence-electron chi connectivity index (χ3n) is 4.23. The van der Waals surface area contributed by atoms with E-state index in [1.807, 2.05) is 36.4 Å². The molecule has 146 valence electrons. The van der Waals surface area contributed by atoms with Crippen molar-refractivity contribution in [2.75, 3.05) is 0 Å². The summed E-state index contributed by atoms with van der Waals surface area (Å²) in [5, 5.41) is 1.49. The minimum absolute atomic E-state index is 0.0856. The van der Waals surface area contributed by atoms with Crippen molar-refractivity contribution in [2.45, 2.75) is 23.6 Å². The molecule has 0 radical (unpaired) electrons. The van der Waals surface area contributed by atoms with Crippen molar-refractivity contribution in [2.24, 2.45) is 0 Å². The number of hydrogen-bond acceptors (Lipinski definition) is 4. The van der Waals surface area contributed by atoms with Gasteiger partial charge in [0.1, 0.15) is 5.82 Å². The molecule has 3 rings (SSSR count). The Bertz CT molecular complexity index is 1160. The monoisotopic (exact) mass is 422 g/mol. The van der Waals surface area contributed by atoms with Gasteiger partial charge in [0.05, 0.1) is 4.90 Å². The first-order valence-corrected chi connectivity index (χ1v) is 10.5. The first-order chi connectivity index (χ1) is 13.8. The van der Waals surface area contributed by atoms with E-state index in [9.17, 15) is 14.0 Å². The lowest BCUT2D eigenvalue weighted by Gasteiger charge is -2.11. The molecule has 0 heterocycles. The lowest BCUT2D eigenvalue weighted by molar-refractivity contribution is -0.108. The van der Waals surface area contributed by atoms with Crippen LogP contribution in [0.4, 0.5) is 4.39 Å². The molecule has 0 aliphatic carbocycles. The lowest BCUT2D eigenvalue weighted by Crippen LogP contribution is -1.94. The molecule has 0 spiro atoms. The van der Waals surface area contributed by atoms with Crippen LogP contribution in [0.1, 0.15) is 13.8 Å². The van der Waals surface area contributed by atoms with Gasteiger partial charge in [0.15, 0.2) is 0 Å². The second kappa shape index (κ2) is 8.80. The molecule has 29 heavy (non-hydrogen) atoms. The molecular weight excluding hydrogens is 403 g/mol. The molecule has 0 N–H and O–H groups in total. The van der Waals surface area contributed by atoms with Crippen LogP contribution in [0, 0.1) is 5.82 Å². The SMILES string of the molecule is C=C(C)C(=O)Sc1ccc(-c2cccc3c(SC(=O)C(=C)C)cccc23)cc1F.